The molecule has 1 N–H and O–H groups in total. The average molecular weight is 400 g/mol. The standard InChI is InChI=1S/C17H18ClNO4S2/c1-23-8-9-25(21,22)16-7-6-15(24-16)17(20)19-14-5-2-11-10-12(18)3-4-13(11)14/h3-4,6-7,10,14H,2,5,8-9H2,1H3,(H,19,20)/t14-/m1/s1. The van der Waals surface area contributed by atoms with E-state index in [-0.39, 0.29) is 28.5 Å². The molecule has 1 aromatic carbocycles. The van der Waals surface area contributed by atoms with Crippen LogP contribution >= 0.6 is 22.9 Å². The summed E-state index contributed by atoms with van der Waals surface area (Å²) in [6.45, 7) is 0.128. The number of sulfone groups is 1. The number of thiophene rings is 1. The molecule has 0 saturated carbocycles. The van der Waals surface area contributed by atoms with Crippen molar-refractivity contribution >= 4 is 38.7 Å². The normalized spacial score (nSPS) is 16.6. The SMILES string of the molecule is COCCS(=O)(=O)c1ccc(C(=O)N[C@@H]2CCc3cc(Cl)ccc32)s1. The lowest BCUT2D eigenvalue weighted by Gasteiger charge is -2.13. The van der Waals surface area contributed by atoms with E-state index in [1.54, 1.807) is 6.07 Å². The lowest BCUT2D eigenvalue weighted by molar-refractivity contribution is 0.0941. The van der Waals surface area contributed by atoms with Crippen molar-refractivity contribution in [1.29, 1.82) is 0 Å². The Labute approximate surface area is 155 Å². The Morgan fingerprint density at radius 3 is 2.92 bits per heavy atom. The molecule has 3 rings (SSSR count). The van der Waals surface area contributed by atoms with E-state index in [1.165, 1.54) is 13.2 Å². The van der Waals surface area contributed by atoms with Gasteiger partial charge in [-0.3, -0.25) is 4.79 Å². The first kappa shape index (κ1) is 18.4. The Morgan fingerprint density at radius 2 is 2.16 bits per heavy atom. The lowest BCUT2D eigenvalue weighted by Crippen LogP contribution is -2.26. The van der Waals surface area contributed by atoms with E-state index < -0.39 is 9.84 Å². The maximum atomic E-state index is 12.5. The monoisotopic (exact) mass is 399 g/mol. The molecule has 134 valence electrons. The van der Waals surface area contributed by atoms with E-state index >= 15 is 0 Å². The second kappa shape index (κ2) is 7.45. The zero-order valence-electron chi connectivity index (χ0n) is 13.6. The number of amides is 1. The molecule has 0 unspecified atom stereocenters. The van der Waals surface area contributed by atoms with Crippen molar-refractivity contribution in [2.75, 3.05) is 19.5 Å². The third kappa shape index (κ3) is 4.06. The van der Waals surface area contributed by atoms with Crippen LogP contribution in [0.1, 0.15) is 33.3 Å². The molecule has 25 heavy (non-hydrogen) atoms. The van der Waals surface area contributed by atoms with Gasteiger partial charge in [-0.2, -0.15) is 0 Å². The van der Waals surface area contributed by atoms with Gasteiger partial charge in [-0.05, 0) is 48.2 Å². The fourth-order valence-electron chi connectivity index (χ4n) is 2.87. The van der Waals surface area contributed by atoms with Crippen LogP contribution in [0.4, 0.5) is 0 Å². The summed E-state index contributed by atoms with van der Waals surface area (Å²) < 4.78 is 29.3. The lowest BCUT2D eigenvalue weighted by atomic mass is 10.1. The van der Waals surface area contributed by atoms with E-state index in [0.717, 1.165) is 35.3 Å². The first-order valence-electron chi connectivity index (χ1n) is 7.81. The number of carbonyl (C=O) groups is 1. The van der Waals surface area contributed by atoms with Crippen molar-refractivity contribution in [2.24, 2.45) is 0 Å². The fraction of sp³-hybridized carbons (Fsp3) is 0.353. The van der Waals surface area contributed by atoms with Crippen molar-refractivity contribution < 1.29 is 17.9 Å². The van der Waals surface area contributed by atoms with Crippen molar-refractivity contribution in [3.63, 3.8) is 0 Å². The molecule has 5 nitrogen and oxygen atoms in total. The van der Waals surface area contributed by atoms with Crippen LogP contribution in [0.15, 0.2) is 34.5 Å². The summed E-state index contributed by atoms with van der Waals surface area (Å²) >= 11 is 6.99. The molecule has 0 saturated heterocycles. The highest BCUT2D eigenvalue weighted by molar-refractivity contribution is 7.93. The van der Waals surface area contributed by atoms with Gasteiger partial charge in [-0.15, -0.1) is 11.3 Å². The number of rotatable bonds is 6. The second-order valence-electron chi connectivity index (χ2n) is 5.84. The van der Waals surface area contributed by atoms with Gasteiger partial charge in [-0.25, -0.2) is 8.42 Å². The van der Waals surface area contributed by atoms with E-state index in [4.69, 9.17) is 16.3 Å². The summed E-state index contributed by atoms with van der Waals surface area (Å²) in [7, 11) is -1.96. The molecule has 1 aliphatic carbocycles. The Kier molecular flexibility index (Phi) is 5.48. The van der Waals surface area contributed by atoms with E-state index in [9.17, 15) is 13.2 Å². The molecule has 1 heterocycles. The van der Waals surface area contributed by atoms with Crippen LogP contribution in [0.25, 0.3) is 0 Å². The minimum atomic E-state index is -3.42. The Hall–Kier alpha value is -1.41. The number of benzene rings is 1. The van der Waals surface area contributed by atoms with Crippen molar-refractivity contribution in [3.05, 3.63) is 51.4 Å². The molecule has 1 amide bonds. The summed E-state index contributed by atoms with van der Waals surface area (Å²) in [6, 6.07) is 8.63. The molecular formula is C17H18ClNO4S2. The number of methoxy groups -OCH3 is 1. The largest absolute Gasteiger partial charge is 0.384 e. The van der Waals surface area contributed by atoms with Crippen LogP contribution in [-0.4, -0.2) is 33.8 Å². The van der Waals surface area contributed by atoms with Gasteiger partial charge < -0.3 is 10.1 Å². The third-order valence-electron chi connectivity index (χ3n) is 4.16. The number of ether oxygens (including phenoxy) is 1. The first-order chi connectivity index (χ1) is 11.9. The Bertz CT molecular complexity index is 892. The van der Waals surface area contributed by atoms with Crippen molar-refractivity contribution in [3.8, 4) is 0 Å². The number of aryl methyl sites for hydroxylation is 1. The van der Waals surface area contributed by atoms with Crippen LogP contribution < -0.4 is 5.32 Å². The predicted octanol–water partition coefficient (Wildman–Crippen LogP) is 3.24. The van der Waals surface area contributed by atoms with Gasteiger partial charge >= 0.3 is 0 Å². The van der Waals surface area contributed by atoms with Crippen LogP contribution in [0.5, 0.6) is 0 Å². The number of carbonyl (C=O) groups excluding carboxylic acids is 1. The minimum Gasteiger partial charge on any atom is -0.384 e. The van der Waals surface area contributed by atoms with Crippen LogP contribution in [0.2, 0.25) is 5.02 Å². The third-order valence-corrected chi connectivity index (χ3v) is 7.73. The summed E-state index contributed by atoms with van der Waals surface area (Å²) in [5, 5.41) is 3.68. The maximum Gasteiger partial charge on any atom is 0.261 e. The van der Waals surface area contributed by atoms with Crippen molar-refractivity contribution in [1.82, 2.24) is 5.32 Å². The molecule has 8 heteroatoms. The average Bonchev–Trinajstić information content (AvgIpc) is 3.21. The first-order valence-corrected chi connectivity index (χ1v) is 10.7. The summed E-state index contributed by atoms with van der Waals surface area (Å²) in [4.78, 5) is 12.9. The zero-order valence-corrected chi connectivity index (χ0v) is 16.0. The highest BCUT2D eigenvalue weighted by Gasteiger charge is 2.26. The summed E-state index contributed by atoms with van der Waals surface area (Å²) in [6.07, 6.45) is 1.67. The van der Waals surface area contributed by atoms with Crippen molar-refractivity contribution in [2.45, 2.75) is 23.1 Å². The summed E-state index contributed by atoms with van der Waals surface area (Å²) in [5.74, 6) is -0.354. The van der Waals surface area contributed by atoms with Gasteiger partial charge in [0.15, 0.2) is 9.84 Å². The highest BCUT2D eigenvalue weighted by atomic mass is 35.5. The Morgan fingerprint density at radius 1 is 1.36 bits per heavy atom. The molecule has 0 fully saturated rings. The molecule has 2 aromatic rings. The van der Waals surface area contributed by atoms with Gasteiger partial charge in [0.1, 0.15) is 4.21 Å². The molecular weight excluding hydrogens is 382 g/mol. The number of halogens is 1. The molecule has 1 atom stereocenters. The molecule has 1 aliphatic rings. The number of fused-ring (bicyclic) bond motifs is 1. The van der Waals surface area contributed by atoms with Gasteiger partial charge in [0, 0.05) is 12.1 Å². The van der Waals surface area contributed by atoms with Gasteiger partial charge in [0.25, 0.3) is 5.91 Å². The minimum absolute atomic E-state index is 0.0737. The smallest absolute Gasteiger partial charge is 0.261 e. The van der Waals surface area contributed by atoms with Crippen LogP contribution in [0.3, 0.4) is 0 Å². The molecule has 0 bridgehead atoms. The zero-order chi connectivity index (χ0) is 18.0. The predicted molar refractivity (Wildman–Crippen MR) is 98.2 cm³/mol. The Balaban J connectivity index is 1.72. The highest BCUT2D eigenvalue weighted by Crippen LogP contribution is 2.33. The molecule has 0 aliphatic heterocycles. The summed E-state index contributed by atoms with van der Waals surface area (Å²) in [5.41, 5.74) is 2.22. The van der Waals surface area contributed by atoms with Gasteiger partial charge in [0.05, 0.1) is 23.3 Å². The van der Waals surface area contributed by atoms with Gasteiger partial charge in [0.2, 0.25) is 0 Å². The topological polar surface area (TPSA) is 72.5 Å². The number of hydrogen-bond acceptors (Lipinski definition) is 5. The van der Waals surface area contributed by atoms with Gasteiger partial charge in [-0.1, -0.05) is 17.7 Å². The number of hydrogen-bond donors (Lipinski definition) is 1. The quantitative estimate of drug-likeness (QED) is 0.809. The molecule has 1 aromatic heterocycles. The van der Waals surface area contributed by atoms with E-state index in [0.29, 0.717) is 9.90 Å². The maximum absolute atomic E-state index is 12.5. The molecule has 0 spiro atoms. The van der Waals surface area contributed by atoms with E-state index in [1.807, 2.05) is 18.2 Å². The fourth-order valence-corrected chi connectivity index (χ4v) is 5.59. The van der Waals surface area contributed by atoms with Crippen LogP contribution in [0, 0.1) is 0 Å². The second-order valence-corrected chi connectivity index (χ2v) is 9.69. The molecule has 0 radical (unpaired) electrons. The van der Waals surface area contributed by atoms with E-state index in [2.05, 4.69) is 5.32 Å². The van der Waals surface area contributed by atoms with Crippen LogP contribution in [-0.2, 0) is 21.0 Å². The number of nitrogens with one attached hydrogen (secondary N) is 1.